The van der Waals surface area contributed by atoms with Crippen molar-refractivity contribution in [3.8, 4) is 0 Å². The van der Waals surface area contributed by atoms with Crippen LogP contribution in [0.3, 0.4) is 0 Å². The minimum atomic E-state index is -0.840. The topological polar surface area (TPSA) is 50.5 Å². The first-order valence-corrected chi connectivity index (χ1v) is 10.3. The van der Waals surface area contributed by atoms with E-state index in [1.165, 1.54) is 0 Å². The van der Waals surface area contributed by atoms with Gasteiger partial charge in [-0.2, -0.15) is 0 Å². The summed E-state index contributed by atoms with van der Waals surface area (Å²) in [7, 11) is 0. The summed E-state index contributed by atoms with van der Waals surface area (Å²) in [6.07, 6.45) is 4.95. The largest absolute Gasteiger partial charge is 0.469 e. The van der Waals surface area contributed by atoms with Crippen molar-refractivity contribution < 1.29 is 14.0 Å². The normalized spacial score (nSPS) is 27.4. The molecule has 1 saturated carbocycles. The fourth-order valence-corrected chi connectivity index (χ4v) is 5.50. The maximum absolute atomic E-state index is 14.2. The third kappa shape index (κ3) is 2.53. The third-order valence-corrected chi connectivity index (χ3v) is 6.76. The molecule has 0 N–H and O–H groups in total. The van der Waals surface area contributed by atoms with Crippen molar-refractivity contribution in [1.29, 1.82) is 0 Å². The van der Waals surface area contributed by atoms with E-state index < -0.39 is 5.41 Å². The number of furan rings is 1. The number of anilines is 1. The van der Waals surface area contributed by atoms with E-state index in [1.807, 2.05) is 77.7 Å². The molecule has 4 atom stereocenters. The lowest BCUT2D eigenvalue weighted by Crippen LogP contribution is -2.42. The molecule has 0 saturated heterocycles. The first-order chi connectivity index (χ1) is 14.7. The van der Waals surface area contributed by atoms with Gasteiger partial charge in [0.25, 0.3) is 0 Å². The van der Waals surface area contributed by atoms with Crippen molar-refractivity contribution in [3.63, 3.8) is 0 Å². The Bertz CT molecular complexity index is 1090. The molecule has 1 aromatic heterocycles. The standard InChI is InChI=1S/C26H23NO3/c1-2-19-15-26(24(20(19)17-28)23-13-8-14-30-23)21-11-6-7-12-22(21)27(25(26)29)16-18-9-4-3-5-10-18/h2-14,17,19-20,24H,1,15-16H2/t19-,20-,24-,26-/m0/s1. The van der Waals surface area contributed by atoms with Crippen molar-refractivity contribution in [3.05, 3.63) is 103 Å². The number of carbonyl (C=O) groups is 2. The predicted octanol–water partition coefficient (Wildman–Crippen LogP) is 4.87. The summed E-state index contributed by atoms with van der Waals surface area (Å²) >= 11 is 0. The first kappa shape index (κ1) is 18.6. The molecule has 0 unspecified atom stereocenters. The van der Waals surface area contributed by atoms with E-state index in [0.717, 1.165) is 23.1 Å². The van der Waals surface area contributed by atoms with Gasteiger partial charge in [0.1, 0.15) is 12.0 Å². The van der Waals surface area contributed by atoms with Gasteiger partial charge in [0.05, 0.1) is 18.2 Å². The number of nitrogens with zero attached hydrogens (tertiary/aromatic N) is 1. The highest BCUT2D eigenvalue weighted by Gasteiger charge is 2.64. The zero-order valence-electron chi connectivity index (χ0n) is 16.6. The van der Waals surface area contributed by atoms with E-state index in [2.05, 4.69) is 6.58 Å². The van der Waals surface area contributed by atoms with Crippen LogP contribution in [0, 0.1) is 11.8 Å². The van der Waals surface area contributed by atoms with Gasteiger partial charge in [-0.3, -0.25) is 4.79 Å². The second kappa shape index (κ2) is 7.13. The van der Waals surface area contributed by atoms with Gasteiger partial charge in [-0.05, 0) is 41.7 Å². The van der Waals surface area contributed by atoms with Crippen LogP contribution >= 0.6 is 0 Å². The van der Waals surface area contributed by atoms with Crippen molar-refractivity contribution in [2.45, 2.75) is 24.3 Å². The molecule has 1 amide bonds. The van der Waals surface area contributed by atoms with Gasteiger partial charge in [-0.1, -0.05) is 54.6 Å². The molecule has 5 rings (SSSR count). The van der Waals surface area contributed by atoms with Crippen molar-refractivity contribution in [2.24, 2.45) is 11.8 Å². The Balaban J connectivity index is 1.69. The summed E-state index contributed by atoms with van der Waals surface area (Å²) in [5.41, 5.74) is 2.12. The number of aldehydes is 1. The zero-order valence-corrected chi connectivity index (χ0v) is 16.6. The lowest BCUT2D eigenvalue weighted by atomic mass is 9.70. The number of fused-ring (bicyclic) bond motifs is 2. The molecule has 1 fully saturated rings. The highest BCUT2D eigenvalue weighted by molar-refractivity contribution is 6.09. The highest BCUT2D eigenvalue weighted by Crippen LogP contribution is 2.62. The van der Waals surface area contributed by atoms with Crippen molar-refractivity contribution in [2.75, 3.05) is 4.90 Å². The SMILES string of the molecule is C=C[C@H]1C[C@@]2(C(=O)N(Cc3ccccc3)c3ccccc32)[C@H](c2ccco2)[C@H]1C=O. The Labute approximate surface area is 175 Å². The highest BCUT2D eigenvalue weighted by atomic mass is 16.3. The first-order valence-electron chi connectivity index (χ1n) is 10.3. The molecule has 4 heteroatoms. The molecule has 2 heterocycles. The molecule has 1 aliphatic carbocycles. The summed E-state index contributed by atoms with van der Waals surface area (Å²) in [4.78, 5) is 28.2. The molecular formula is C26H23NO3. The van der Waals surface area contributed by atoms with Crippen LogP contribution in [0.25, 0.3) is 0 Å². The Morgan fingerprint density at radius 3 is 2.53 bits per heavy atom. The minimum Gasteiger partial charge on any atom is -0.469 e. The zero-order chi connectivity index (χ0) is 20.7. The van der Waals surface area contributed by atoms with Crippen LogP contribution in [0.15, 0.2) is 90.1 Å². The smallest absolute Gasteiger partial charge is 0.238 e. The molecule has 4 nitrogen and oxygen atoms in total. The van der Waals surface area contributed by atoms with Gasteiger partial charge in [0.15, 0.2) is 0 Å². The molecule has 2 aromatic carbocycles. The third-order valence-electron chi connectivity index (χ3n) is 6.76. The maximum Gasteiger partial charge on any atom is 0.238 e. The fraction of sp³-hybridized carbons (Fsp3) is 0.231. The van der Waals surface area contributed by atoms with Crippen LogP contribution in [0.1, 0.15) is 29.2 Å². The van der Waals surface area contributed by atoms with E-state index in [-0.39, 0.29) is 23.7 Å². The molecule has 2 aliphatic rings. The predicted molar refractivity (Wildman–Crippen MR) is 115 cm³/mol. The van der Waals surface area contributed by atoms with Crippen LogP contribution in [0.5, 0.6) is 0 Å². The number of hydrogen-bond acceptors (Lipinski definition) is 3. The number of para-hydroxylation sites is 1. The monoisotopic (exact) mass is 397 g/mol. The average Bonchev–Trinajstić information content (AvgIpc) is 3.48. The number of benzene rings is 2. The summed E-state index contributed by atoms with van der Waals surface area (Å²) in [5, 5.41) is 0. The number of hydrogen-bond donors (Lipinski definition) is 0. The maximum atomic E-state index is 14.2. The van der Waals surface area contributed by atoms with Gasteiger partial charge in [-0.15, -0.1) is 6.58 Å². The summed E-state index contributed by atoms with van der Waals surface area (Å²) < 4.78 is 5.78. The van der Waals surface area contributed by atoms with E-state index in [9.17, 15) is 9.59 Å². The van der Waals surface area contributed by atoms with Crippen LogP contribution in [-0.4, -0.2) is 12.2 Å². The van der Waals surface area contributed by atoms with Crippen molar-refractivity contribution in [1.82, 2.24) is 0 Å². The van der Waals surface area contributed by atoms with Crippen LogP contribution in [0.2, 0.25) is 0 Å². The van der Waals surface area contributed by atoms with E-state index in [0.29, 0.717) is 18.7 Å². The molecule has 1 spiro atoms. The fourth-order valence-electron chi connectivity index (χ4n) is 5.50. The average molecular weight is 397 g/mol. The minimum absolute atomic E-state index is 0.0325. The van der Waals surface area contributed by atoms with Gasteiger partial charge in [0.2, 0.25) is 5.91 Å². The van der Waals surface area contributed by atoms with Gasteiger partial charge < -0.3 is 14.1 Å². The van der Waals surface area contributed by atoms with Crippen LogP contribution in [0.4, 0.5) is 5.69 Å². The Morgan fingerprint density at radius 2 is 1.83 bits per heavy atom. The van der Waals surface area contributed by atoms with Crippen molar-refractivity contribution >= 4 is 17.9 Å². The lowest BCUT2D eigenvalue weighted by Gasteiger charge is -2.31. The second-order valence-electron chi connectivity index (χ2n) is 8.18. The number of amides is 1. The number of carbonyl (C=O) groups excluding carboxylic acids is 2. The Morgan fingerprint density at radius 1 is 1.07 bits per heavy atom. The molecule has 3 aromatic rings. The van der Waals surface area contributed by atoms with E-state index >= 15 is 0 Å². The van der Waals surface area contributed by atoms with Gasteiger partial charge in [-0.25, -0.2) is 0 Å². The van der Waals surface area contributed by atoms with Gasteiger partial charge in [0, 0.05) is 17.5 Å². The molecular weight excluding hydrogens is 374 g/mol. The van der Waals surface area contributed by atoms with E-state index in [1.54, 1.807) is 6.26 Å². The number of rotatable bonds is 5. The number of allylic oxidation sites excluding steroid dienone is 1. The molecule has 0 radical (unpaired) electrons. The molecule has 30 heavy (non-hydrogen) atoms. The summed E-state index contributed by atoms with van der Waals surface area (Å²) in [6, 6.07) is 21.6. The molecule has 1 aliphatic heterocycles. The summed E-state index contributed by atoms with van der Waals surface area (Å²) in [5.74, 6) is -0.0950. The van der Waals surface area contributed by atoms with Crippen LogP contribution < -0.4 is 4.90 Å². The van der Waals surface area contributed by atoms with Gasteiger partial charge >= 0.3 is 0 Å². The van der Waals surface area contributed by atoms with Crippen LogP contribution in [-0.2, 0) is 21.5 Å². The Hall–Kier alpha value is -3.40. The second-order valence-corrected chi connectivity index (χ2v) is 8.18. The quantitative estimate of drug-likeness (QED) is 0.456. The van der Waals surface area contributed by atoms with E-state index in [4.69, 9.17) is 4.42 Å². The molecule has 150 valence electrons. The Kier molecular flexibility index (Phi) is 4.43. The lowest BCUT2D eigenvalue weighted by molar-refractivity contribution is -0.124. The summed E-state index contributed by atoms with van der Waals surface area (Å²) in [6.45, 7) is 4.46. The molecule has 0 bridgehead atoms.